The number of nitrogens with one attached hydrogen (secondary N) is 1. The number of hydrogen-bond donors (Lipinski definition) is 1. The Balaban J connectivity index is 1.67. The molecule has 0 amide bonds. The minimum absolute atomic E-state index is 0.844. The van der Waals surface area contributed by atoms with Gasteiger partial charge in [0.15, 0.2) is 5.65 Å². The monoisotopic (exact) mass is 387 g/mol. The standard InChI is InChI=1S/C13H18IN5O/c1-10-16-17-13-12(8-11(14)9-19(10)13)15-2-3-18-4-6-20-7-5-18/h8-9,15H,2-7H2,1H3. The smallest absolute Gasteiger partial charge is 0.184 e. The van der Waals surface area contributed by atoms with Crippen molar-refractivity contribution in [1.29, 1.82) is 0 Å². The zero-order valence-corrected chi connectivity index (χ0v) is 13.6. The van der Waals surface area contributed by atoms with Crippen LogP contribution in [0.1, 0.15) is 5.82 Å². The van der Waals surface area contributed by atoms with E-state index in [1.807, 2.05) is 11.3 Å². The minimum atomic E-state index is 0.844. The van der Waals surface area contributed by atoms with E-state index in [1.54, 1.807) is 0 Å². The van der Waals surface area contributed by atoms with Crippen LogP contribution in [0.2, 0.25) is 0 Å². The molecule has 1 N–H and O–H groups in total. The Morgan fingerprint density at radius 1 is 1.35 bits per heavy atom. The van der Waals surface area contributed by atoms with Gasteiger partial charge in [-0.15, -0.1) is 10.2 Å². The summed E-state index contributed by atoms with van der Waals surface area (Å²) in [5.41, 5.74) is 1.94. The molecule has 0 radical (unpaired) electrons. The van der Waals surface area contributed by atoms with Crippen LogP contribution in [0.25, 0.3) is 5.65 Å². The zero-order valence-electron chi connectivity index (χ0n) is 11.5. The van der Waals surface area contributed by atoms with E-state index in [2.05, 4.69) is 55.3 Å². The van der Waals surface area contributed by atoms with Gasteiger partial charge in [0.25, 0.3) is 0 Å². The first-order valence-corrected chi connectivity index (χ1v) is 7.87. The minimum Gasteiger partial charge on any atom is -0.381 e. The van der Waals surface area contributed by atoms with Crippen molar-refractivity contribution in [2.45, 2.75) is 6.92 Å². The van der Waals surface area contributed by atoms with Gasteiger partial charge in [-0.25, -0.2) is 0 Å². The van der Waals surface area contributed by atoms with Crippen molar-refractivity contribution in [3.8, 4) is 0 Å². The van der Waals surface area contributed by atoms with Crippen LogP contribution in [0, 0.1) is 10.5 Å². The highest BCUT2D eigenvalue weighted by molar-refractivity contribution is 14.1. The van der Waals surface area contributed by atoms with Gasteiger partial charge in [-0.2, -0.15) is 0 Å². The number of pyridine rings is 1. The Hall–Kier alpha value is -0.930. The lowest BCUT2D eigenvalue weighted by molar-refractivity contribution is 0.0398. The van der Waals surface area contributed by atoms with Crippen LogP contribution in [0.5, 0.6) is 0 Å². The van der Waals surface area contributed by atoms with Crippen LogP contribution in [0.4, 0.5) is 5.69 Å². The van der Waals surface area contributed by atoms with E-state index in [9.17, 15) is 0 Å². The Kier molecular flexibility index (Phi) is 4.37. The highest BCUT2D eigenvalue weighted by Crippen LogP contribution is 2.19. The summed E-state index contributed by atoms with van der Waals surface area (Å²) in [6.45, 7) is 7.62. The van der Waals surface area contributed by atoms with Crippen LogP contribution in [-0.4, -0.2) is 58.9 Å². The molecule has 6 nitrogen and oxygen atoms in total. The topological polar surface area (TPSA) is 54.7 Å². The fraction of sp³-hybridized carbons (Fsp3) is 0.538. The molecule has 7 heteroatoms. The van der Waals surface area contributed by atoms with Crippen LogP contribution in [-0.2, 0) is 4.74 Å². The molecule has 0 aliphatic carbocycles. The van der Waals surface area contributed by atoms with Crippen LogP contribution in [0.15, 0.2) is 12.3 Å². The Labute approximate surface area is 131 Å². The van der Waals surface area contributed by atoms with Gasteiger partial charge in [-0.05, 0) is 35.6 Å². The van der Waals surface area contributed by atoms with Gasteiger partial charge in [0, 0.05) is 35.9 Å². The first-order valence-electron chi connectivity index (χ1n) is 6.79. The summed E-state index contributed by atoms with van der Waals surface area (Å²) < 4.78 is 8.56. The number of nitrogens with zero attached hydrogens (tertiary/aromatic N) is 4. The number of hydrogen-bond acceptors (Lipinski definition) is 5. The average molecular weight is 387 g/mol. The number of aryl methyl sites for hydroxylation is 1. The predicted octanol–water partition coefficient (Wildman–Crippen LogP) is 1.39. The molecule has 0 aromatic carbocycles. The lowest BCUT2D eigenvalue weighted by atomic mass is 10.3. The number of aromatic nitrogens is 3. The molecule has 1 aliphatic rings. The highest BCUT2D eigenvalue weighted by atomic mass is 127. The maximum atomic E-state index is 5.36. The molecule has 0 saturated carbocycles. The molecule has 0 spiro atoms. The first-order chi connectivity index (χ1) is 9.74. The predicted molar refractivity (Wildman–Crippen MR) is 86.2 cm³/mol. The fourth-order valence-electron chi connectivity index (χ4n) is 2.37. The number of rotatable bonds is 4. The summed E-state index contributed by atoms with van der Waals surface area (Å²) in [5, 5.41) is 11.9. The Bertz CT molecular complexity index is 594. The summed E-state index contributed by atoms with van der Waals surface area (Å²) in [6, 6.07) is 2.11. The quantitative estimate of drug-likeness (QED) is 0.804. The molecule has 2 aromatic rings. The van der Waals surface area contributed by atoms with Crippen LogP contribution in [0.3, 0.4) is 0 Å². The van der Waals surface area contributed by atoms with E-state index < -0.39 is 0 Å². The summed E-state index contributed by atoms with van der Waals surface area (Å²) in [4.78, 5) is 2.41. The third-order valence-corrected chi connectivity index (χ3v) is 4.08. The normalized spacial score (nSPS) is 16.7. The molecule has 108 valence electrons. The fourth-order valence-corrected chi connectivity index (χ4v) is 2.96. The Morgan fingerprint density at radius 2 is 2.15 bits per heavy atom. The number of halogens is 1. The third-order valence-electron chi connectivity index (χ3n) is 3.49. The molecule has 1 saturated heterocycles. The van der Waals surface area contributed by atoms with E-state index >= 15 is 0 Å². The van der Waals surface area contributed by atoms with Gasteiger partial charge < -0.3 is 10.1 Å². The maximum absolute atomic E-state index is 5.36. The zero-order chi connectivity index (χ0) is 13.9. The second kappa shape index (κ2) is 6.23. The Morgan fingerprint density at radius 3 is 2.95 bits per heavy atom. The summed E-state index contributed by atoms with van der Waals surface area (Å²) in [6.07, 6.45) is 2.05. The van der Waals surface area contributed by atoms with Crippen molar-refractivity contribution in [1.82, 2.24) is 19.5 Å². The summed E-state index contributed by atoms with van der Waals surface area (Å²) in [5.74, 6) is 0.912. The van der Waals surface area contributed by atoms with E-state index in [0.29, 0.717) is 0 Å². The molecule has 3 heterocycles. The van der Waals surface area contributed by atoms with E-state index in [4.69, 9.17) is 4.74 Å². The molecule has 2 aromatic heterocycles. The van der Waals surface area contributed by atoms with Gasteiger partial charge in [-0.3, -0.25) is 9.30 Å². The molecule has 0 atom stereocenters. The second-order valence-corrected chi connectivity index (χ2v) is 6.14. The van der Waals surface area contributed by atoms with E-state index in [0.717, 1.165) is 56.6 Å². The van der Waals surface area contributed by atoms with Crippen molar-refractivity contribution in [3.63, 3.8) is 0 Å². The molecule has 1 aliphatic heterocycles. The summed E-state index contributed by atoms with van der Waals surface area (Å²) >= 11 is 2.32. The van der Waals surface area contributed by atoms with Gasteiger partial charge in [0.2, 0.25) is 0 Å². The van der Waals surface area contributed by atoms with Gasteiger partial charge in [0.1, 0.15) is 5.82 Å². The van der Waals surface area contributed by atoms with E-state index in [-0.39, 0.29) is 0 Å². The van der Waals surface area contributed by atoms with Crippen molar-refractivity contribution in [2.75, 3.05) is 44.7 Å². The third kappa shape index (κ3) is 3.04. The van der Waals surface area contributed by atoms with Crippen molar-refractivity contribution < 1.29 is 4.74 Å². The van der Waals surface area contributed by atoms with Crippen LogP contribution < -0.4 is 5.32 Å². The molecular formula is C13H18IN5O. The maximum Gasteiger partial charge on any atom is 0.184 e. The van der Waals surface area contributed by atoms with Gasteiger partial charge in [-0.1, -0.05) is 0 Å². The van der Waals surface area contributed by atoms with Crippen molar-refractivity contribution in [2.24, 2.45) is 0 Å². The number of anilines is 1. The molecule has 3 rings (SSSR count). The summed E-state index contributed by atoms with van der Waals surface area (Å²) in [7, 11) is 0. The molecule has 20 heavy (non-hydrogen) atoms. The van der Waals surface area contributed by atoms with Crippen molar-refractivity contribution in [3.05, 3.63) is 21.7 Å². The SMILES string of the molecule is Cc1nnc2c(NCCN3CCOCC3)cc(I)cn12. The number of ether oxygens (including phenoxy) is 1. The number of morpholine rings is 1. The van der Waals surface area contributed by atoms with Gasteiger partial charge in [0.05, 0.1) is 18.9 Å². The van der Waals surface area contributed by atoms with Gasteiger partial charge >= 0.3 is 0 Å². The molecule has 0 unspecified atom stereocenters. The van der Waals surface area contributed by atoms with E-state index in [1.165, 1.54) is 3.57 Å². The second-order valence-electron chi connectivity index (χ2n) is 4.89. The first kappa shape index (κ1) is 14.0. The molecule has 1 fully saturated rings. The molecule has 0 bridgehead atoms. The largest absolute Gasteiger partial charge is 0.381 e. The highest BCUT2D eigenvalue weighted by Gasteiger charge is 2.11. The number of fused-ring (bicyclic) bond motifs is 1. The average Bonchev–Trinajstić information content (AvgIpc) is 2.82. The van der Waals surface area contributed by atoms with Crippen LogP contribution >= 0.6 is 22.6 Å². The lowest BCUT2D eigenvalue weighted by Crippen LogP contribution is -2.39. The lowest BCUT2D eigenvalue weighted by Gasteiger charge is -2.26. The van der Waals surface area contributed by atoms with Crippen molar-refractivity contribution >= 4 is 33.9 Å². The molecular weight excluding hydrogens is 369 g/mol.